The number of halogens is 1. The van der Waals surface area contributed by atoms with Crippen LogP contribution in [0, 0.1) is 5.82 Å². The fourth-order valence-corrected chi connectivity index (χ4v) is 2.93. The number of morpholine rings is 1. The molecule has 1 unspecified atom stereocenters. The van der Waals surface area contributed by atoms with Crippen LogP contribution in [0.25, 0.3) is 0 Å². The Bertz CT molecular complexity index is 546. The largest absolute Gasteiger partial charge is 0.409 e. The van der Waals surface area contributed by atoms with E-state index in [9.17, 15) is 4.39 Å². The van der Waals surface area contributed by atoms with E-state index in [1.807, 2.05) is 20.8 Å². The minimum atomic E-state index is -0.406. The van der Waals surface area contributed by atoms with Gasteiger partial charge in [-0.3, -0.25) is 4.90 Å². The molecule has 0 bridgehead atoms. The van der Waals surface area contributed by atoms with Crippen LogP contribution in [0.4, 0.5) is 4.39 Å². The Morgan fingerprint density at radius 1 is 1.57 bits per heavy atom. The molecule has 1 aromatic rings. The molecule has 0 saturated carbocycles. The van der Waals surface area contributed by atoms with Crippen molar-refractivity contribution >= 4 is 5.84 Å². The lowest BCUT2D eigenvalue weighted by atomic mass is 10.0. The maximum Gasteiger partial charge on any atom is 0.170 e. The fraction of sp³-hybridized carbons (Fsp3) is 0.533. The molecule has 1 heterocycles. The number of hydrogen-bond donors (Lipinski definition) is 2. The molecule has 0 amide bonds. The Morgan fingerprint density at radius 2 is 2.29 bits per heavy atom. The van der Waals surface area contributed by atoms with Crippen LogP contribution < -0.4 is 5.73 Å². The fourth-order valence-electron chi connectivity index (χ4n) is 2.93. The van der Waals surface area contributed by atoms with E-state index >= 15 is 0 Å². The summed E-state index contributed by atoms with van der Waals surface area (Å²) in [5.41, 5.74) is 6.67. The smallest absolute Gasteiger partial charge is 0.170 e. The summed E-state index contributed by atoms with van der Waals surface area (Å²) in [6.45, 7) is 8.28. The van der Waals surface area contributed by atoms with E-state index in [4.69, 9.17) is 15.7 Å². The SMILES string of the molecule is CC1CN(Cc2ccc(F)cc2C(N)=NO)CC(C)(C)O1. The Morgan fingerprint density at radius 3 is 2.90 bits per heavy atom. The van der Waals surface area contributed by atoms with Gasteiger partial charge in [0.2, 0.25) is 0 Å². The predicted octanol–water partition coefficient (Wildman–Crippen LogP) is 1.92. The molecule has 0 aromatic heterocycles. The summed E-state index contributed by atoms with van der Waals surface area (Å²) in [5.74, 6) is -0.485. The molecule has 1 saturated heterocycles. The highest BCUT2D eigenvalue weighted by Crippen LogP contribution is 2.23. The molecular weight excluding hydrogens is 273 g/mol. The molecule has 116 valence electrons. The van der Waals surface area contributed by atoms with Gasteiger partial charge in [0.15, 0.2) is 5.84 Å². The Balaban J connectivity index is 2.23. The van der Waals surface area contributed by atoms with E-state index in [0.29, 0.717) is 12.1 Å². The third-order valence-corrected chi connectivity index (χ3v) is 3.49. The lowest BCUT2D eigenvalue weighted by molar-refractivity contribution is -0.130. The summed E-state index contributed by atoms with van der Waals surface area (Å²) < 4.78 is 19.3. The van der Waals surface area contributed by atoms with Gasteiger partial charge in [-0.2, -0.15) is 0 Å². The van der Waals surface area contributed by atoms with Crippen molar-refractivity contribution in [1.82, 2.24) is 4.90 Å². The van der Waals surface area contributed by atoms with Gasteiger partial charge in [0, 0.05) is 25.2 Å². The maximum absolute atomic E-state index is 13.4. The monoisotopic (exact) mass is 295 g/mol. The third-order valence-electron chi connectivity index (χ3n) is 3.49. The van der Waals surface area contributed by atoms with Crippen molar-refractivity contribution in [2.45, 2.75) is 39.0 Å². The highest BCUT2D eigenvalue weighted by molar-refractivity contribution is 5.98. The number of rotatable bonds is 3. The molecule has 2 rings (SSSR count). The molecule has 1 aliphatic heterocycles. The number of nitrogens with zero attached hydrogens (tertiary/aromatic N) is 2. The number of nitrogens with two attached hydrogens (primary N) is 1. The molecule has 21 heavy (non-hydrogen) atoms. The van der Waals surface area contributed by atoms with Crippen molar-refractivity contribution in [2.75, 3.05) is 13.1 Å². The van der Waals surface area contributed by atoms with E-state index in [0.717, 1.165) is 18.7 Å². The topological polar surface area (TPSA) is 71.1 Å². The first-order valence-electron chi connectivity index (χ1n) is 6.97. The number of ether oxygens (including phenoxy) is 1. The lowest BCUT2D eigenvalue weighted by Gasteiger charge is -2.42. The van der Waals surface area contributed by atoms with E-state index in [1.54, 1.807) is 6.07 Å². The maximum atomic E-state index is 13.4. The molecule has 0 radical (unpaired) electrons. The summed E-state index contributed by atoms with van der Waals surface area (Å²) in [6, 6.07) is 4.35. The summed E-state index contributed by atoms with van der Waals surface area (Å²) in [4.78, 5) is 2.23. The van der Waals surface area contributed by atoms with Crippen LogP contribution in [-0.4, -0.2) is 40.7 Å². The lowest BCUT2D eigenvalue weighted by Crippen LogP contribution is -2.51. The molecule has 1 atom stereocenters. The Hall–Kier alpha value is -1.66. The van der Waals surface area contributed by atoms with E-state index in [-0.39, 0.29) is 17.5 Å². The zero-order chi connectivity index (χ0) is 15.6. The second kappa shape index (κ2) is 5.99. The number of oxime groups is 1. The molecule has 1 aromatic carbocycles. The first kappa shape index (κ1) is 15.7. The third kappa shape index (κ3) is 3.92. The summed E-state index contributed by atoms with van der Waals surface area (Å²) in [5, 5.41) is 11.8. The van der Waals surface area contributed by atoms with Gasteiger partial charge in [-0.1, -0.05) is 11.2 Å². The minimum Gasteiger partial charge on any atom is -0.409 e. The normalized spacial score (nSPS) is 23.2. The molecular formula is C15H22FN3O2. The quantitative estimate of drug-likeness (QED) is 0.387. The van der Waals surface area contributed by atoms with Crippen LogP contribution in [0.5, 0.6) is 0 Å². The van der Waals surface area contributed by atoms with Crippen LogP contribution in [0.15, 0.2) is 23.4 Å². The van der Waals surface area contributed by atoms with Crippen molar-refractivity contribution < 1.29 is 14.3 Å². The van der Waals surface area contributed by atoms with Crippen LogP contribution in [0.1, 0.15) is 31.9 Å². The molecule has 6 heteroatoms. The van der Waals surface area contributed by atoms with Crippen molar-refractivity contribution in [3.05, 3.63) is 35.1 Å². The molecule has 1 fully saturated rings. The standard InChI is InChI=1S/C15H22FN3O2/c1-10-7-19(9-15(2,3)21-10)8-11-4-5-12(16)6-13(11)14(17)18-20/h4-6,10,20H,7-9H2,1-3H3,(H2,17,18). The van der Waals surface area contributed by atoms with Gasteiger partial charge in [0.25, 0.3) is 0 Å². The summed E-state index contributed by atoms with van der Waals surface area (Å²) in [7, 11) is 0. The Labute approximate surface area is 124 Å². The summed E-state index contributed by atoms with van der Waals surface area (Å²) >= 11 is 0. The van der Waals surface area contributed by atoms with Crippen LogP contribution >= 0.6 is 0 Å². The zero-order valence-corrected chi connectivity index (χ0v) is 12.6. The van der Waals surface area contributed by atoms with Gasteiger partial charge >= 0.3 is 0 Å². The van der Waals surface area contributed by atoms with Gasteiger partial charge in [-0.25, -0.2) is 4.39 Å². The van der Waals surface area contributed by atoms with E-state index in [2.05, 4.69) is 10.1 Å². The second-order valence-corrected chi connectivity index (χ2v) is 6.14. The molecule has 0 aliphatic carbocycles. The number of benzene rings is 1. The van der Waals surface area contributed by atoms with E-state index in [1.165, 1.54) is 12.1 Å². The average Bonchev–Trinajstić information content (AvgIpc) is 2.37. The van der Waals surface area contributed by atoms with Crippen LogP contribution in [-0.2, 0) is 11.3 Å². The van der Waals surface area contributed by atoms with Crippen molar-refractivity contribution in [3.63, 3.8) is 0 Å². The van der Waals surface area contributed by atoms with E-state index < -0.39 is 5.82 Å². The zero-order valence-electron chi connectivity index (χ0n) is 12.6. The molecule has 3 N–H and O–H groups in total. The van der Waals surface area contributed by atoms with Gasteiger partial charge in [0.1, 0.15) is 5.82 Å². The molecule has 5 nitrogen and oxygen atoms in total. The van der Waals surface area contributed by atoms with Gasteiger partial charge in [-0.15, -0.1) is 0 Å². The van der Waals surface area contributed by atoms with Gasteiger partial charge in [0.05, 0.1) is 11.7 Å². The van der Waals surface area contributed by atoms with Crippen LogP contribution in [0.2, 0.25) is 0 Å². The minimum absolute atomic E-state index is 0.0786. The number of hydrogen-bond acceptors (Lipinski definition) is 4. The number of amidine groups is 1. The first-order valence-corrected chi connectivity index (χ1v) is 6.97. The highest BCUT2D eigenvalue weighted by Gasteiger charge is 2.31. The molecule has 0 spiro atoms. The average molecular weight is 295 g/mol. The van der Waals surface area contributed by atoms with Crippen molar-refractivity contribution in [1.29, 1.82) is 0 Å². The van der Waals surface area contributed by atoms with Crippen molar-refractivity contribution in [2.24, 2.45) is 10.9 Å². The summed E-state index contributed by atoms with van der Waals surface area (Å²) in [6.07, 6.45) is 0.126. The Kier molecular flexibility index (Phi) is 4.49. The van der Waals surface area contributed by atoms with Gasteiger partial charge in [-0.05, 0) is 38.5 Å². The first-order chi connectivity index (χ1) is 9.80. The van der Waals surface area contributed by atoms with Crippen LogP contribution in [0.3, 0.4) is 0 Å². The van der Waals surface area contributed by atoms with Gasteiger partial charge < -0.3 is 15.7 Å². The van der Waals surface area contributed by atoms with Crippen molar-refractivity contribution in [3.8, 4) is 0 Å². The molecule has 1 aliphatic rings. The highest BCUT2D eigenvalue weighted by atomic mass is 19.1. The second-order valence-electron chi connectivity index (χ2n) is 6.14. The predicted molar refractivity (Wildman–Crippen MR) is 78.8 cm³/mol.